The van der Waals surface area contributed by atoms with Gasteiger partial charge in [0.15, 0.2) is 0 Å². The maximum atomic E-state index is 5.92. The van der Waals surface area contributed by atoms with E-state index in [-0.39, 0.29) is 0 Å². The fourth-order valence-electron chi connectivity index (χ4n) is 0.883. The minimum atomic E-state index is 0.478. The smallest absolute Gasteiger partial charge is 0.0619 e. The van der Waals surface area contributed by atoms with E-state index >= 15 is 0 Å². The Morgan fingerprint density at radius 3 is 2.29 bits per heavy atom. The van der Waals surface area contributed by atoms with Crippen molar-refractivity contribution in [3.8, 4) is 11.8 Å². The van der Waals surface area contributed by atoms with E-state index in [1.165, 1.54) is 0 Å². The number of rotatable bonds is 1. The number of hydrogen-bond donors (Lipinski definition) is 1. The van der Waals surface area contributed by atoms with E-state index in [0.29, 0.717) is 27.2 Å². The van der Waals surface area contributed by atoms with Gasteiger partial charge in [0, 0.05) is 5.02 Å². The molecule has 0 radical (unpaired) electrons. The van der Waals surface area contributed by atoms with Gasteiger partial charge < -0.3 is 5.32 Å². The van der Waals surface area contributed by atoms with Crippen LogP contribution in [0.25, 0.3) is 0 Å². The minimum Gasteiger partial charge on any atom is -0.309 e. The van der Waals surface area contributed by atoms with Gasteiger partial charge in [-0.05, 0) is 19.2 Å². The van der Waals surface area contributed by atoms with Gasteiger partial charge in [0.05, 0.1) is 22.2 Å². The molecular weight excluding hydrogens is 240 g/mol. The highest BCUT2D eigenvalue weighted by Crippen LogP contribution is 2.27. The van der Waals surface area contributed by atoms with Crippen LogP contribution in [0.15, 0.2) is 12.1 Å². The highest BCUT2D eigenvalue weighted by Gasteiger charge is 2.04. The lowest BCUT2D eigenvalue weighted by Crippen LogP contribution is -2.04. The van der Waals surface area contributed by atoms with Gasteiger partial charge in [0.1, 0.15) is 0 Å². The van der Waals surface area contributed by atoms with Gasteiger partial charge in [-0.25, -0.2) is 0 Å². The lowest BCUT2D eigenvalue weighted by molar-refractivity contribution is 0.938. The zero-order valence-electron chi connectivity index (χ0n) is 7.50. The molecule has 0 bridgehead atoms. The molecule has 74 valence electrons. The Bertz CT molecular complexity index is 367. The van der Waals surface area contributed by atoms with E-state index in [4.69, 9.17) is 34.8 Å². The third-order valence-corrected chi connectivity index (χ3v) is 2.30. The van der Waals surface area contributed by atoms with Crippen molar-refractivity contribution >= 4 is 34.8 Å². The molecule has 0 saturated heterocycles. The van der Waals surface area contributed by atoms with E-state index in [9.17, 15) is 0 Å². The molecule has 1 N–H and O–H groups in total. The van der Waals surface area contributed by atoms with Gasteiger partial charge in [-0.3, -0.25) is 0 Å². The van der Waals surface area contributed by atoms with Gasteiger partial charge in [-0.2, -0.15) is 0 Å². The summed E-state index contributed by atoms with van der Waals surface area (Å²) in [5.74, 6) is 5.75. The van der Waals surface area contributed by atoms with Gasteiger partial charge in [-0.1, -0.05) is 46.6 Å². The molecule has 4 heteroatoms. The fraction of sp³-hybridized carbons (Fsp3) is 0.200. The van der Waals surface area contributed by atoms with Crippen molar-refractivity contribution in [1.29, 1.82) is 0 Å². The standard InChI is InChI=1S/C10H8Cl3N/c1-14-4-2-3-8-9(12)5-7(11)6-10(8)13/h5-6,14H,4H2,1H3. The lowest BCUT2D eigenvalue weighted by atomic mass is 10.2. The summed E-state index contributed by atoms with van der Waals surface area (Å²) in [6.45, 7) is 0.593. The zero-order chi connectivity index (χ0) is 10.6. The van der Waals surface area contributed by atoms with Gasteiger partial charge in [-0.15, -0.1) is 0 Å². The second-order valence-corrected chi connectivity index (χ2v) is 3.83. The van der Waals surface area contributed by atoms with Crippen LogP contribution in [0.4, 0.5) is 0 Å². The van der Waals surface area contributed by atoms with Gasteiger partial charge in [0.25, 0.3) is 0 Å². The maximum Gasteiger partial charge on any atom is 0.0619 e. The minimum absolute atomic E-state index is 0.478. The van der Waals surface area contributed by atoms with Crippen molar-refractivity contribution in [3.63, 3.8) is 0 Å². The third-order valence-electron chi connectivity index (χ3n) is 1.49. The molecule has 0 aromatic heterocycles. The average molecular weight is 249 g/mol. The predicted octanol–water partition coefficient (Wildman–Crippen LogP) is 3.22. The molecule has 0 fully saturated rings. The van der Waals surface area contributed by atoms with Crippen LogP contribution in [0.1, 0.15) is 5.56 Å². The Hall–Kier alpha value is -0.390. The van der Waals surface area contributed by atoms with Crippen molar-refractivity contribution in [2.45, 2.75) is 0 Å². The largest absolute Gasteiger partial charge is 0.309 e. The Morgan fingerprint density at radius 1 is 1.21 bits per heavy atom. The van der Waals surface area contributed by atoms with Crippen LogP contribution in [-0.2, 0) is 0 Å². The topological polar surface area (TPSA) is 12.0 Å². The monoisotopic (exact) mass is 247 g/mol. The molecule has 0 amide bonds. The first kappa shape index (κ1) is 11.7. The molecular formula is C10H8Cl3N. The molecule has 14 heavy (non-hydrogen) atoms. The second kappa shape index (κ2) is 5.48. The summed E-state index contributed by atoms with van der Waals surface area (Å²) in [4.78, 5) is 0. The molecule has 1 nitrogen and oxygen atoms in total. The van der Waals surface area contributed by atoms with Crippen molar-refractivity contribution in [2.75, 3.05) is 13.6 Å². The quantitative estimate of drug-likeness (QED) is 0.753. The maximum absolute atomic E-state index is 5.92. The first-order valence-corrected chi connectivity index (χ1v) is 5.06. The highest BCUT2D eigenvalue weighted by molar-refractivity contribution is 6.39. The van der Waals surface area contributed by atoms with E-state index < -0.39 is 0 Å². The Kier molecular flexibility index (Phi) is 4.57. The highest BCUT2D eigenvalue weighted by atomic mass is 35.5. The molecule has 0 aliphatic heterocycles. The van der Waals surface area contributed by atoms with Crippen LogP contribution < -0.4 is 5.32 Å². The molecule has 0 atom stereocenters. The van der Waals surface area contributed by atoms with Crippen molar-refractivity contribution < 1.29 is 0 Å². The van der Waals surface area contributed by atoms with Crippen molar-refractivity contribution in [2.24, 2.45) is 0 Å². The first-order valence-electron chi connectivity index (χ1n) is 3.93. The van der Waals surface area contributed by atoms with Crippen LogP contribution in [0.2, 0.25) is 15.1 Å². The molecule has 0 aliphatic carbocycles. The molecule has 1 aromatic rings. The van der Waals surface area contributed by atoms with E-state index in [1.807, 2.05) is 7.05 Å². The molecule has 0 aliphatic rings. The van der Waals surface area contributed by atoms with Crippen molar-refractivity contribution in [1.82, 2.24) is 5.32 Å². The summed E-state index contributed by atoms with van der Waals surface area (Å²) in [5.41, 5.74) is 0.619. The van der Waals surface area contributed by atoms with Gasteiger partial charge in [0.2, 0.25) is 0 Å². The Morgan fingerprint density at radius 2 is 1.79 bits per heavy atom. The lowest BCUT2D eigenvalue weighted by Gasteiger charge is -1.99. The number of nitrogens with one attached hydrogen (secondary N) is 1. The predicted molar refractivity (Wildman–Crippen MR) is 62.3 cm³/mol. The Balaban J connectivity index is 3.04. The SMILES string of the molecule is CNCC#Cc1c(Cl)cc(Cl)cc1Cl. The summed E-state index contributed by atoms with van der Waals surface area (Å²) >= 11 is 17.6. The summed E-state index contributed by atoms with van der Waals surface area (Å²) < 4.78 is 0. The first-order chi connectivity index (χ1) is 6.65. The second-order valence-electron chi connectivity index (χ2n) is 2.58. The normalized spacial score (nSPS) is 9.43. The summed E-state index contributed by atoms with van der Waals surface area (Å²) in [6.07, 6.45) is 0. The van der Waals surface area contributed by atoms with Crippen LogP contribution in [-0.4, -0.2) is 13.6 Å². The van der Waals surface area contributed by atoms with Crippen LogP contribution >= 0.6 is 34.8 Å². The average Bonchev–Trinajstić information content (AvgIpc) is 2.09. The zero-order valence-corrected chi connectivity index (χ0v) is 9.76. The Labute approximate surface area is 98.4 Å². The van der Waals surface area contributed by atoms with Crippen molar-refractivity contribution in [3.05, 3.63) is 32.8 Å². The molecule has 1 rings (SSSR count). The molecule has 0 heterocycles. The van der Waals surface area contributed by atoms with Crippen LogP contribution in [0, 0.1) is 11.8 Å². The number of benzene rings is 1. The molecule has 0 unspecified atom stereocenters. The summed E-state index contributed by atoms with van der Waals surface area (Å²) in [5, 5.41) is 4.37. The van der Waals surface area contributed by atoms with E-state index in [2.05, 4.69) is 17.2 Å². The molecule has 1 aromatic carbocycles. The van der Waals surface area contributed by atoms with E-state index in [0.717, 1.165) is 0 Å². The molecule has 0 saturated carbocycles. The van der Waals surface area contributed by atoms with Crippen LogP contribution in [0.5, 0.6) is 0 Å². The number of hydrogen-bond acceptors (Lipinski definition) is 1. The number of halogens is 3. The third kappa shape index (κ3) is 3.08. The molecule has 0 spiro atoms. The fourth-order valence-corrected chi connectivity index (χ4v) is 1.79. The van der Waals surface area contributed by atoms with Gasteiger partial charge >= 0.3 is 0 Å². The van der Waals surface area contributed by atoms with Crippen LogP contribution in [0.3, 0.4) is 0 Å². The van der Waals surface area contributed by atoms with E-state index in [1.54, 1.807) is 12.1 Å². The summed E-state index contributed by atoms with van der Waals surface area (Å²) in [7, 11) is 1.82. The summed E-state index contributed by atoms with van der Waals surface area (Å²) in [6, 6.07) is 3.25.